The third-order valence-corrected chi connectivity index (χ3v) is 6.45. The zero-order valence-electron chi connectivity index (χ0n) is 16.5. The number of amides is 1. The number of rotatable bonds is 5. The van der Waals surface area contributed by atoms with Crippen molar-refractivity contribution in [2.24, 2.45) is 0 Å². The van der Waals surface area contributed by atoms with E-state index < -0.39 is 0 Å². The van der Waals surface area contributed by atoms with E-state index in [1.54, 1.807) is 11.3 Å². The minimum absolute atomic E-state index is 0.121. The predicted octanol–water partition coefficient (Wildman–Crippen LogP) is 3.78. The number of benzene rings is 1. The van der Waals surface area contributed by atoms with E-state index >= 15 is 0 Å². The number of likely N-dealkylation sites (tertiary alicyclic amines) is 1. The average molecular weight is 395 g/mol. The zero-order valence-corrected chi connectivity index (χ0v) is 17.3. The molecule has 1 fully saturated rings. The SMILES string of the molecule is Cc1nc2cc(C(=O)N3CCCC(N(C)CCc4ccccn4)C3)ccc2s1. The van der Waals surface area contributed by atoms with Crippen molar-refractivity contribution >= 4 is 27.5 Å². The van der Waals surface area contributed by atoms with E-state index in [0.717, 1.165) is 65.4 Å². The molecule has 0 saturated carbocycles. The van der Waals surface area contributed by atoms with Gasteiger partial charge in [0.05, 0.1) is 15.2 Å². The molecule has 2 aromatic heterocycles. The van der Waals surface area contributed by atoms with Crippen LogP contribution in [0.1, 0.15) is 33.9 Å². The number of nitrogens with zero attached hydrogens (tertiary/aromatic N) is 4. The van der Waals surface area contributed by atoms with Gasteiger partial charge >= 0.3 is 0 Å². The Bertz CT molecular complexity index is 956. The Labute approximate surface area is 170 Å². The first kappa shape index (κ1) is 19.0. The molecule has 28 heavy (non-hydrogen) atoms. The molecule has 1 unspecified atom stereocenters. The number of hydrogen-bond acceptors (Lipinski definition) is 5. The van der Waals surface area contributed by atoms with E-state index in [4.69, 9.17) is 0 Å². The molecule has 1 saturated heterocycles. The lowest BCUT2D eigenvalue weighted by atomic mass is 10.0. The molecule has 0 radical (unpaired) electrons. The van der Waals surface area contributed by atoms with E-state index in [1.165, 1.54) is 0 Å². The second-order valence-corrected chi connectivity index (χ2v) is 8.75. The van der Waals surface area contributed by atoms with Crippen molar-refractivity contribution < 1.29 is 4.79 Å². The first-order valence-electron chi connectivity index (χ1n) is 9.87. The first-order chi connectivity index (χ1) is 13.6. The van der Waals surface area contributed by atoms with Crippen molar-refractivity contribution in [2.75, 3.05) is 26.7 Å². The Balaban J connectivity index is 1.39. The van der Waals surface area contributed by atoms with Crippen molar-refractivity contribution in [3.05, 3.63) is 58.9 Å². The van der Waals surface area contributed by atoms with Crippen molar-refractivity contribution in [3.8, 4) is 0 Å². The normalized spacial score (nSPS) is 17.4. The van der Waals surface area contributed by atoms with Crippen LogP contribution in [0.3, 0.4) is 0 Å². The Morgan fingerprint density at radius 1 is 1.32 bits per heavy atom. The summed E-state index contributed by atoms with van der Waals surface area (Å²) in [4.78, 5) is 26.4. The highest BCUT2D eigenvalue weighted by Gasteiger charge is 2.27. The summed E-state index contributed by atoms with van der Waals surface area (Å²) in [5.41, 5.74) is 2.79. The van der Waals surface area contributed by atoms with Crippen molar-refractivity contribution in [2.45, 2.75) is 32.2 Å². The molecule has 5 nitrogen and oxygen atoms in total. The highest BCUT2D eigenvalue weighted by molar-refractivity contribution is 7.18. The first-order valence-corrected chi connectivity index (χ1v) is 10.7. The molecule has 0 N–H and O–H groups in total. The number of hydrogen-bond donors (Lipinski definition) is 0. The van der Waals surface area contributed by atoms with Gasteiger partial charge in [0, 0.05) is 49.6 Å². The standard InChI is InChI=1S/C22H26N4OS/c1-16-24-20-14-17(8-9-21(20)28-16)22(27)26-12-5-7-19(15-26)25(2)13-10-18-6-3-4-11-23-18/h3-4,6,8-9,11,14,19H,5,7,10,12-13,15H2,1-2H3. The fraction of sp³-hybridized carbons (Fsp3) is 0.409. The minimum atomic E-state index is 0.121. The van der Waals surface area contributed by atoms with Gasteiger partial charge in [0.1, 0.15) is 0 Å². The topological polar surface area (TPSA) is 49.3 Å². The van der Waals surface area contributed by atoms with E-state index in [9.17, 15) is 4.79 Å². The molecule has 6 heteroatoms. The van der Waals surface area contributed by atoms with E-state index in [1.807, 2.05) is 48.4 Å². The maximum absolute atomic E-state index is 13.1. The van der Waals surface area contributed by atoms with Gasteiger partial charge in [0.15, 0.2) is 0 Å². The van der Waals surface area contributed by atoms with Crippen LogP contribution in [-0.4, -0.2) is 58.4 Å². The van der Waals surface area contributed by atoms with E-state index in [2.05, 4.69) is 28.0 Å². The summed E-state index contributed by atoms with van der Waals surface area (Å²) in [6, 6.07) is 12.3. The van der Waals surface area contributed by atoms with Gasteiger partial charge in [-0.25, -0.2) is 4.98 Å². The lowest BCUT2D eigenvalue weighted by Crippen LogP contribution is -2.49. The van der Waals surface area contributed by atoms with Crippen LogP contribution in [0.2, 0.25) is 0 Å². The summed E-state index contributed by atoms with van der Waals surface area (Å²) in [7, 11) is 2.16. The number of aryl methyl sites for hydroxylation is 1. The second kappa shape index (κ2) is 8.37. The van der Waals surface area contributed by atoms with Crippen molar-refractivity contribution in [1.29, 1.82) is 0 Å². The minimum Gasteiger partial charge on any atom is -0.337 e. The van der Waals surface area contributed by atoms with Crippen LogP contribution >= 0.6 is 11.3 Å². The van der Waals surface area contributed by atoms with Gasteiger partial charge in [-0.05, 0) is 57.1 Å². The number of aromatic nitrogens is 2. The Morgan fingerprint density at radius 3 is 3.04 bits per heavy atom. The molecule has 0 bridgehead atoms. The summed E-state index contributed by atoms with van der Waals surface area (Å²) in [6.07, 6.45) is 4.95. The summed E-state index contributed by atoms with van der Waals surface area (Å²) in [6.45, 7) is 4.57. The van der Waals surface area contributed by atoms with Gasteiger partial charge in [-0.15, -0.1) is 11.3 Å². The van der Waals surface area contributed by atoms with E-state index in [0.29, 0.717) is 6.04 Å². The third-order valence-electron chi connectivity index (χ3n) is 5.50. The Hall–Kier alpha value is -2.31. The number of thiazole rings is 1. The number of carbonyl (C=O) groups is 1. The molecule has 3 heterocycles. The van der Waals surface area contributed by atoms with Crippen LogP contribution in [0.4, 0.5) is 0 Å². The molecule has 4 rings (SSSR count). The molecule has 3 aromatic rings. The molecule has 1 amide bonds. The van der Waals surface area contributed by atoms with Gasteiger partial charge in [0.2, 0.25) is 0 Å². The molecular formula is C22H26N4OS. The van der Waals surface area contributed by atoms with Crippen molar-refractivity contribution in [3.63, 3.8) is 0 Å². The smallest absolute Gasteiger partial charge is 0.253 e. The molecule has 1 aliphatic rings. The predicted molar refractivity (Wildman–Crippen MR) is 114 cm³/mol. The average Bonchev–Trinajstić information content (AvgIpc) is 3.11. The number of likely N-dealkylation sites (N-methyl/N-ethyl adjacent to an activating group) is 1. The molecular weight excluding hydrogens is 368 g/mol. The third kappa shape index (κ3) is 4.23. The summed E-state index contributed by atoms with van der Waals surface area (Å²) >= 11 is 1.67. The number of carbonyl (C=O) groups excluding carboxylic acids is 1. The largest absolute Gasteiger partial charge is 0.337 e. The van der Waals surface area contributed by atoms with Gasteiger partial charge in [0.25, 0.3) is 5.91 Å². The van der Waals surface area contributed by atoms with Crippen LogP contribution in [0, 0.1) is 6.92 Å². The van der Waals surface area contributed by atoms with Gasteiger partial charge < -0.3 is 9.80 Å². The van der Waals surface area contributed by atoms with Gasteiger partial charge in [-0.1, -0.05) is 6.07 Å². The number of piperidine rings is 1. The van der Waals surface area contributed by atoms with Crippen LogP contribution in [0.25, 0.3) is 10.2 Å². The molecule has 146 valence electrons. The molecule has 1 atom stereocenters. The molecule has 1 aliphatic heterocycles. The van der Waals surface area contributed by atoms with Gasteiger partial charge in [-0.3, -0.25) is 9.78 Å². The molecule has 1 aromatic carbocycles. The summed E-state index contributed by atoms with van der Waals surface area (Å²) in [5.74, 6) is 0.121. The highest BCUT2D eigenvalue weighted by atomic mass is 32.1. The fourth-order valence-electron chi connectivity index (χ4n) is 3.88. The Kier molecular flexibility index (Phi) is 5.69. The Morgan fingerprint density at radius 2 is 2.21 bits per heavy atom. The highest BCUT2D eigenvalue weighted by Crippen LogP contribution is 2.24. The second-order valence-electron chi connectivity index (χ2n) is 7.51. The lowest BCUT2D eigenvalue weighted by Gasteiger charge is -2.37. The van der Waals surface area contributed by atoms with Crippen LogP contribution in [0.5, 0.6) is 0 Å². The summed E-state index contributed by atoms with van der Waals surface area (Å²) < 4.78 is 1.14. The number of fused-ring (bicyclic) bond motifs is 1. The van der Waals surface area contributed by atoms with E-state index in [-0.39, 0.29) is 5.91 Å². The number of pyridine rings is 1. The maximum Gasteiger partial charge on any atom is 0.253 e. The summed E-state index contributed by atoms with van der Waals surface area (Å²) in [5, 5.41) is 1.03. The maximum atomic E-state index is 13.1. The van der Waals surface area contributed by atoms with Crippen LogP contribution in [0.15, 0.2) is 42.6 Å². The monoisotopic (exact) mass is 394 g/mol. The molecule has 0 aliphatic carbocycles. The fourth-order valence-corrected chi connectivity index (χ4v) is 4.68. The lowest BCUT2D eigenvalue weighted by molar-refractivity contribution is 0.0611. The van der Waals surface area contributed by atoms with Crippen molar-refractivity contribution in [1.82, 2.24) is 19.8 Å². The quantitative estimate of drug-likeness (QED) is 0.661. The van der Waals surface area contributed by atoms with Gasteiger partial charge in [-0.2, -0.15) is 0 Å². The van der Waals surface area contributed by atoms with Crippen LogP contribution in [-0.2, 0) is 6.42 Å². The molecule has 0 spiro atoms. The van der Waals surface area contributed by atoms with Crippen LogP contribution < -0.4 is 0 Å². The zero-order chi connectivity index (χ0) is 19.5.